The molecule has 3 fully saturated rings. The Kier molecular flexibility index (Phi) is 3.90. The number of hydrogen-bond donors (Lipinski definition) is 1. The van der Waals surface area contributed by atoms with Gasteiger partial charge in [0.15, 0.2) is 0 Å². The molecule has 1 aromatic carbocycles. The van der Waals surface area contributed by atoms with E-state index in [0.29, 0.717) is 18.1 Å². The second-order valence-electron chi connectivity index (χ2n) is 9.44. The Morgan fingerprint density at radius 1 is 1.23 bits per heavy atom. The molecule has 0 spiro atoms. The monoisotopic (exact) mass is 355 g/mol. The van der Waals surface area contributed by atoms with E-state index >= 15 is 0 Å². The molecular formula is C22H33N3O. The SMILES string of the molecule is COc1ccc2c(c1)C1(C)C3C[C@H](C1N1CCC(N)CC1)N(C)CC3C2. The molecule has 4 aliphatic rings. The summed E-state index contributed by atoms with van der Waals surface area (Å²) in [5.41, 5.74) is 9.57. The van der Waals surface area contributed by atoms with Crippen LogP contribution in [0, 0.1) is 11.8 Å². The van der Waals surface area contributed by atoms with Crippen LogP contribution in [0.5, 0.6) is 5.75 Å². The number of nitrogens with two attached hydrogens (primary N) is 1. The molecule has 1 saturated carbocycles. The predicted molar refractivity (Wildman–Crippen MR) is 105 cm³/mol. The number of benzene rings is 1. The molecule has 5 atom stereocenters. The van der Waals surface area contributed by atoms with E-state index in [1.807, 2.05) is 0 Å². The molecule has 2 N–H and O–H groups in total. The maximum atomic E-state index is 6.22. The second kappa shape index (κ2) is 5.95. The van der Waals surface area contributed by atoms with Crippen molar-refractivity contribution in [3.8, 4) is 5.75 Å². The maximum absolute atomic E-state index is 6.22. The summed E-state index contributed by atoms with van der Waals surface area (Å²) in [6.07, 6.45) is 4.86. The average Bonchev–Trinajstić information content (AvgIpc) is 2.94. The fourth-order valence-electron chi connectivity index (χ4n) is 7.02. The summed E-state index contributed by atoms with van der Waals surface area (Å²) in [4.78, 5) is 5.47. The highest BCUT2D eigenvalue weighted by atomic mass is 16.5. The van der Waals surface area contributed by atoms with Gasteiger partial charge in [0.05, 0.1) is 7.11 Å². The number of nitrogens with zero attached hydrogens (tertiary/aromatic N) is 2. The average molecular weight is 356 g/mol. The molecule has 0 amide bonds. The number of fused-ring (bicyclic) bond motifs is 3. The third-order valence-corrected chi connectivity index (χ3v) is 8.25. The molecule has 0 aromatic heterocycles. The van der Waals surface area contributed by atoms with Crippen LogP contribution in [0.25, 0.3) is 0 Å². The lowest BCUT2D eigenvalue weighted by Gasteiger charge is -2.49. The Morgan fingerprint density at radius 2 is 2.00 bits per heavy atom. The van der Waals surface area contributed by atoms with Crippen LogP contribution in [0.1, 0.15) is 37.3 Å². The van der Waals surface area contributed by atoms with Gasteiger partial charge in [0.2, 0.25) is 0 Å². The van der Waals surface area contributed by atoms with E-state index in [0.717, 1.165) is 43.5 Å². The van der Waals surface area contributed by atoms with Crippen LogP contribution in [0.3, 0.4) is 0 Å². The topological polar surface area (TPSA) is 41.7 Å². The predicted octanol–water partition coefficient (Wildman–Crippen LogP) is 2.25. The molecule has 2 bridgehead atoms. The highest BCUT2D eigenvalue weighted by Gasteiger charge is 2.62. The van der Waals surface area contributed by atoms with Gasteiger partial charge in [-0.1, -0.05) is 13.0 Å². The van der Waals surface area contributed by atoms with E-state index in [2.05, 4.69) is 42.0 Å². The Labute approximate surface area is 157 Å². The van der Waals surface area contributed by atoms with Crippen LogP contribution in [-0.2, 0) is 11.8 Å². The van der Waals surface area contributed by atoms with Crippen LogP contribution < -0.4 is 10.5 Å². The highest BCUT2D eigenvalue weighted by molar-refractivity contribution is 5.47. The lowest BCUT2D eigenvalue weighted by molar-refractivity contribution is 0.0671. The first-order valence-electron chi connectivity index (χ1n) is 10.4. The van der Waals surface area contributed by atoms with Gasteiger partial charge in [-0.15, -0.1) is 0 Å². The normalized spacial score (nSPS) is 40.5. The zero-order valence-corrected chi connectivity index (χ0v) is 16.4. The first kappa shape index (κ1) is 17.0. The smallest absolute Gasteiger partial charge is 0.119 e. The van der Waals surface area contributed by atoms with Gasteiger partial charge in [0.25, 0.3) is 0 Å². The summed E-state index contributed by atoms with van der Waals surface area (Å²) in [5.74, 6) is 2.60. The molecule has 5 rings (SSSR count). The fraction of sp³-hybridized carbons (Fsp3) is 0.727. The Bertz CT molecular complexity index is 699. The summed E-state index contributed by atoms with van der Waals surface area (Å²) in [5, 5.41) is 0. The second-order valence-corrected chi connectivity index (χ2v) is 9.44. The summed E-state index contributed by atoms with van der Waals surface area (Å²) in [6, 6.07) is 8.51. The molecule has 4 unspecified atom stereocenters. The molecule has 142 valence electrons. The summed E-state index contributed by atoms with van der Waals surface area (Å²) < 4.78 is 5.62. The standard InChI is InChI=1S/C22H33N3O/c1-22-18-11-17(26-3)5-4-14(18)10-15-13-24(2)20(12-19(15)22)21(22)25-8-6-16(23)7-9-25/h4-5,11,15-16,19-21H,6-10,12-13,23H2,1-3H3/t15?,19?,20-,21?,22?/m1/s1. The number of ether oxygens (including phenoxy) is 1. The molecule has 2 saturated heterocycles. The molecule has 4 nitrogen and oxygen atoms in total. The van der Waals surface area contributed by atoms with Crippen molar-refractivity contribution < 1.29 is 4.74 Å². The first-order chi connectivity index (χ1) is 12.5. The minimum atomic E-state index is 0.226. The number of hydrogen-bond acceptors (Lipinski definition) is 4. The van der Waals surface area contributed by atoms with Gasteiger partial charge in [-0.05, 0) is 67.8 Å². The van der Waals surface area contributed by atoms with Gasteiger partial charge >= 0.3 is 0 Å². The number of likely N-dealkylation sites (tertiary alicyclic amines) is 2. The number of piperidine rings is 2. The van der Waals surface area contributed by atoms with Crippen molar-refractivity contribution in [2.45, 2.75) is 56.1 Å². The Balaban J connectivity index is 1.62. The molecule has 2 heterocycles. The quantitative estimate of drug-likeness (QED) is 0.884. The number of likely N-dealkylation sites (N-methyl/N-ethyl adjacent to an activating group) is 1. The molecule has 1 aromatic rings. The maximum Gasteiger partial charge on any atom is 0.119 e. The van der Waals surface area contributed by atoms with Gasteiger partial charge in [-0.3, -0.25) is 4.90 Å². The van der Waals surface area contributed by atoms with Gasteiger partial charge in [-0.2, -0.15) is 0 Å². The largest absolute Gasteiger partial charge is 0.497 e. The van der Waals surface area contributed by atoms with Crippen LogP contribution in [0.15, 0.2) is 18.2 Å². The third-order valence-electron chi connectivity index (χ3n) is 8.25. The minimum Gasteiger partial charge on any atom is -0.497 e. The van der Waals surface area contributed by atoms with E-state index < -0.39 is 0 Å². The van der Waals surface area contributed by atoms with Crippen molar-refractivity contribution in [2.75, 3.05) is 33.8 Å². The minimum absolute atomic E-state index is 0.226. The first-order valence-corrected chi connectivity index (χ1v) is 10.4. The van der Waals surface area contributed by atoms with Crippen LogP contribution in [0.2, 0.25) is 0 Å². The van der Waals surface area contributed by atoms with Crippen LogP contribution in [0.4, 0.5) is 0 Å². The van der Waals surface area contributed by atoms with Crippen molar-refractivity contribution in [3.05, 3.63) is 29.3 Å². The Morgan fingerprint density at radius 3 is 2.73 bits per heavy atom. The van der Waals surface area contributed by atoms with Crippen LogP contribution >= 0.6 is 0 Å². The van der Waals surface area contributed by atoms with Crippen LogP contribution in [-0.4, -0.2) is 61.7 Å². The van der Waals surface area contributed by atoms with E-state index in [9.17, 15) is 0 Å². The van der Waals surface area contributed by atoms with E-state index in [1.54, 1.807) is 18.2 Å². The lowest BCUT2D eigenvalue weighted by atomic mass is 9.60. The fourth-order valence-corrected chi connectivity index (χ4v) is 7.02. The lowest BCUT2D eigenvalue weighted by Crippen LogP contribution is -2.57. The van der Waals surface area contributed by atoms with E-state index in [-0.39, 0.29) is 5.41 Å². The number of rotatable bonds is 2. The zero-order chi connectivity index (χ0) is 18.1. The van der Waals surface area contributed by atoms with Gasteiger partial charge in [-0.25, -0.2) is 0 Å². The zero-order valence-electron chi connectivity index (χ0n) is 16.4. The van der Waals surface area contributed by atoms with Crippen molar-refractivity contribution >= 4 is 0 Å². The molecule has 2 aliphatic carbocycles. The molecule has 4 heteroatoms. The van der Waals surface area contributed by atoms with Crippen molar-refractivity contribution in [3.63, 3.8) is 0 Å². The highest BCUT2D eigenvalue weighted by Crippen LogP contribution is 2.59. The molecular weight excluding hydrogens is 322 g/mol. The van der Waals surface area contributed by atoms with Gasteiger partial charge in [0.1, 0.15) is 5.75 Å². The van der Waals surface area contributed by atoms with E-state index in [4.69, 9.17) is 10.5 Å². The summed E-state index contributed by atoms with van der Waals surface area (Å²) >= 11 is 0. The van der Waals surface area contributed by atoms with Crippen molar-refractivity contribution in [1.29, 1.82) is 0 Å². The summed E-state index contributed by atoms with van der Waals surface area (Å²) in [7, 11) is 4.15. The molecule has 2 aliphatic heterocycles. The van der Waals surface area contributed by atoms with Gasteiger partial charge < -0.3 is 15.4 Å². The molecule has 26 heavy (non-hydrogen) atoms. The van der Waals surface area contributed by atoms with Crippen molar-refractivity contribution in [2.24, 2.45) is 17.6 Å². The van der Waals surface area contributed by atoms with E-state index in [1.165, 1.54) is 19.4 Å². The summed E-state index contributed by atoms with van der Waals surface area (Å²) in [6.45, 7) is 6.13. The third kappa shape index (κ3) is 2.25. The number of methoxy groups -OCH3 is 1. The van der Waals surface area contributed by atoms with Crippen molar-refractivity contribution in [1.82, 2.24) is 9.80 Å². The Hall–Kier alpha value is -1.10. The van der Waals surface area contributed by atoms with Gasteiger partial charge in [0, 0.05) is 43.2 Å². The molecule has 0 radical (unpaired) electrons.